The highest BCUT2D eigenvalue weighted by molar-refractivity contribution is 7.22. The zero-order chi connectivity index (χ0) is 27.7. The molecule has 0 spiro atoms. The smallest absolute Gasteiger partial charge is 0.444 e. The molecule has 13 heteroatoms. The number of aromatic nitrogens is 3. The number of thiazole rings is 1. The molecule has 0 saturated carbocycles. The number of alkyl halides is 3. The van der Waals surface area contributed by atoms with E-state index in [1.54, 1.807) is 50.6 Å². The van der Waals surface area contributed by atoms with Crippen molar-refractivity contribution in [3.8, 4) is 5.75 Å². The van der Waals surface area contributed by atoms with Gasteiger partial charge in [0.15, 0.2) is 10.9 Å². The van der Waals surface area contributed by atoms with Crippen molar-refractivity contribution in [2.75, 3.05) is 11.9 Å². The lowest BCUT2D eigenvalue weighted by Crippen LogP contribution is -2.33. The second-order valence-electron chi connectivity index (χ2n) is 9.47. The number of halogens is 3. The maximum Gasteiger partial charge on any atom is 0.573 e. The van der Waals surface area contributed by atoms with Crippen LogP contribution in [0, 0.1) is 0 Å². The lowest BCUT2D eigenvalue weighted by atomic mass is 10.1. The minimum Gasteiger partial charge on any atom is -0.444 e. The van der Waals surface area contributed by atoms with E-state index in [0.717, 1.165) is 16.9 Å². The molecule has 0 fully saturated rings. The van der Waals surface area contributed by atoms with Crippen LogP contribution in [0.4, 0.5) is 29.0 Å². The number of ketones is 1. The number of anilines is 2. The molecule has 9 nitrogen and oxygen atoms in total. The number of hydrogen-bond acceptors (Lipinski definition) is 8. The fraction of sp³-hybridized carbons (Fsp3) is 0.360. The Morgan fingerprint density at radius 2 is 1.82 bits per heavy atom. The van der Waals surface area contributed by atoms with Crippen molar-refractivity contribution in [2.45, 2.75) is 45.6 Å². The topological polar surface area (TPSA) is 107 Å². The van der Waals surface area contributed by atoms with Gasteiger partial charge in [0.1, 0.15) is 11.4 Å². The minimum absolute atomic E-state index is 0.0823. The van der Waals surface area contributed by atoms with Crippen LogP contribution in [0.2, 0.25) is 0 Å². The van der Waals surface area contributed by atoms with Crippen molar-refractivity contribution in [1.29, 1.82) is 0 Å². The summed E-state index contributed by atoms with van der Waals surface area (Å²) < 4.78 is 49.0. The summed E-state index contributed by atoms with van der Waals surface area (Å²) in [6, 6.07) is 9.15. The van der Waals surface area contributed by atoms with Gasteiger partial charge in [-0.3, -0.25) is 4.79 Å². The zero-order valence-electron chi connectivity index (χ0n) is 21.1. The molecule has 0 radical (unpaired) electrons. The second kappa shape index (κ2) is 10.5. The molecule has 0 aliphatic carbocycles. The van der Waals surface area contributed by atoms with Gasteiger partial charge in [-0.05, 0) is 57.5 Å². The summed E-state index contributed by atoms with van der Waals surface area (Å²) in [7, 11) is 1.80. The average Bonchev–Trinajstić information content (AvgIpc) is 3.33. The second-order valence-corrected chi connectivity index (χ2v) is 10.5. The molecule has 0 saturated heterocycles. The molecule has 0 atom stereocenters. The summed E-state index contributed by atoms with van der Waals surface area (Å²) in [6.45, 7) is 5.63. The monoisotopic (exact) mass is 549 g/mol. The Morgan fingerprint density at radius 1 is 1.05 bits per heavy atom. The third-order valence-corrected chi connectivity index (χ3v) is 6.20. The molecule has 38 heavy (non-hydrogen) atoms. The predicted molar refractivity (Wildman–Crippen MR) is 138 cm³/mol. The Bertz CT molecular complexity index is 1490. The van der Waals surface area contributed by atoms with Crippen LogP contribution in [0.5, 0.6) is 5.75 Å². The van der Waals surface area contributed by atoms with E-state index in [-0.39, 0.29) is 18.0 Å². The standard InChI is InChI=1S/C25H26F3N5O4S/c1-24(2,3)37-23(35)29-11-5-6-19(34)14-7-10-18-17(12-14)30-21(33(18)4)32-22-31-16-9-8-15(13-20(16)38-22)36-25(26,27)28/h7-10,12-13H,5-6,11H2,1-4H3,(H,29,35)(H,30,31,32). The van der Waals surface area contributed by atoms with E-state index >= 15 is 0 Å². The quantitative estimate of drug-likeness (QED) is 0.196. The van der Waals surface area contributed by atoms with Crippen LogP contribution in [0.15, 0.2) is 36.4 Å². The molecular formula is C25H26F3N5O4S. The van der Waals surface area contributed by atoms with Crippen LogP contribution in [0.1, 0.15) is 44.0 Å². The summed E-state index contributed by atoms with van der Waals surface area (Å²) in [4.78, 5) is 33.4. The molecule has 2 N–H and O–H groups in total. The van der Waals surface area contributed by atoms with E-state index < -0.39 is 18.1 Å². The van der Waals surface area contributed by atoms with Crippen LogP contribution in [-0.4, -0.2) is 44.9 Å². The van der Waals surface area contributed by atoms with Crippen molar-refractivity contribution in [3.63, 3.8) is 0 Å². The molecule has 0 unspecified atom stereocenters. The van der Waals surface area contributed by atoms with E-state index in [0.29, 0.717) is 45.3 Å². The number of nitrogens with zero attached hydrogens (tertiary/aromatic N) is 3. The number of alkyl carbamates (subject to hydrolysis) is 1. The number of fused-ring (bicyclic) bond motifs is 2. The summed E-state index contributed by atoms with van der Waals surface area (Å²) in [5, 5.41) is 6.17. The largest absolute Gasteiger partial charge is 0.573 e. The Labute approximate surface area is 220 Å². The van der Waals surface area contributed by atoms with Crippen molar-refractivity contribution in [3.05, 3.63) is 42.0 Å². The number of carbonyl (C=O) groups is 2. The third kappa shape index (κ3) is 6.91. The van der Waals surface area contributed by atoms with Crippen molar-refractivity contribution in [1.82, 2.24) is 19.9 Å². The molecule has 0 aliphatic rings. The number of nitrogens with one attached hydrogen (secondary N) is 2. The molecule has 1 amide bonds. The first-order chi connectivity index (χ1) is 17.8. The van der Waals surface area contributed by atoms with Crippen LogP contribution in [0.25, 0.3) is 21.3 Å². The molecule has 2 aromatic carbocycles. The van der Waals surface area contributed by atoms with E-state index in [1.165, 1.54) is 18.2 Å². The number of rotatable bonds is 8. The lowest BCUT2D eigenvalue weighted by molar-refractivity contribution is -0.274. The van der Waals surface area contributed by atoms with Gasteiger partial charge in [-0.25, -0.2) is 14.8 Å². The highest BCUT2D eigenvalue weighted by Crippen LogP contribution is 2.33. The average molecular weight is 550 g/mol. The van der Waals surface area contributed by atoms with E-state index in [2.05, 4.69) is 25.3 Å². The van der Waals surface area contributed by atoms with Crippen LogP contribution >= 0.6 is 11.3 Å². The number of carbonyl (C=O) groups excluding carboxylic acids is 2. The molecule has 202 valence electrons. The first-order valence-corrected chi connectivity index (χ1v) is 12.5. The Balaban J connectivity index is 1.41. The number of hydrogen-bond donors (Lipinski definition) is 2. The highest BCUT2D eigenvalue weighted by Gasteiger charge is 2.31. The van der Waals surface area contributed by atoms with Crippen LogP contribution in [0.3, 0.4) is 0 Å². The molecule has 4 aromatic rings. The molecular weight excluding hydrogens is 523 g/mol. The first kappa shape index (κ1) is 27.2. The number of benzene rings is 2. The van der Waals surface area contributed by atoms with Gasteiger partial charge >= 0.3 is 12.5 Å². The fourth-order valence-electron chi connectivity index (χ4n) is 3.63. The van der Waals surface area contributed by atoms with Gasteiger partial charge in [0.05, 0.1) is 21.3 Å². The van der Waals surface area contributed by atoms with E-state index in [4.69, 9.17) is 4.74 Å². The number of aryl methyl sites for hydroxylation is 1. The first-order valence-electron chi connectivity index (χ1n) is 11.7. The Hall–Kier alpha value is -3.87. The number of imidazole rings is 1. The van der Waals surface area contributed by atoms with E-state index in [1.807, 2.05) is 0 Å². The van der Waals surface area contributed by atoms with Crippen LogP contribution in [-0.2, 0) is 11.8 Å². The normalized spacial score (nSPS) is 12.1. The molecule has 2 aromatic heterocycles. The Morgan fingerprint density at radius 3 is 2.53 bits per heavy atom. The van der Waals surface area contributed by atoms with E-state index in [9.17, 15) is 22.8 Å². The fourth-order valence-corrected chi connectivity index (χ4v) is 4.52. The van der Waals surface area contributed by atoms with Gasteiger partial charge in [-0.2, -0.15) is 0 Å². The molecule has 2 heterocycles. The zero-order valence-corrected chi connectivity index (χ0v) is 21.9. The molecule has 0 bridgehead atoms. The number of Topliss-reactive ketones (excluding diaryl/α,β-unsaturated/α-hetero) is 1. The summed E-state index contributed by atoms with van der Waals surface area (Å²) in [5.41, 5.74) is 1.79. The summed E-state index contributed by atoms with van der Waals surface area (Å²) in [5.74, 6) is 0.0545. The van der Waals surface area contributed by atoms with Crippen molar-refractivity contribution >= 4 is 55.5 Å². The molecule has 0 aliphatic heterocycles. The lowest BCUT2D eigenvalue weighted by Gasteiger charge is -2.19. The minimum atomic E-state index is -4.77. The van der Waals surface area contributed by atoms with Crippen molar-refractivity contribution < 1.29 is 32.2 Å². The number of ether oxygens (including phenoxy) is 2. The predicted octanol–water partition coefficient (Wildman–Crippen LogP) is 6.31. The maximum atomic E-state index is 12.7. The summed E-state index contributed by atoms with van der Waals surface area (Å²) in [6.07, 6.45) is -4.60. The van der Waals surface area contributed by atoms with Gasteiger partial charge in [-0.1, -0.05) is 11.3 Å². The van der Waals surface area contributed by atoms with Gasteiger partial charge < -0.3 is 24.7 Å². The van der Waals surface area contributed by atoms with Gasteiger partial charge in [0.25, 0.3) is 0 Å². The Kier molecular flexibility index (Phi) is 7.49. The maximum absolute atomic E-state index is 12.7. The third-order valence-electron chi connectivity index (χ3n) is 5.26. The van der Waals surface area contributed by atoms with Gasteiger partial charge in [-0.15, -0.1) is 13.2 Å². The highest BCUT2D eigenvalue weighted by atomic mass is 32.1. The SMILES string of the molecule is Cn1c(Nc2nc3ccc(OC(F)(F)F)cc3s2)nc2cc(C(=O)CCCNC(=O)OC(C)(C)C)ccc21. The van der Waals surface area contributed by atoms with Gasteiger partial charge in [0, 0.05) is 31.6 Å². The summed E-state index contributed by atoms with van der Waals surface area (Å²) >= 11 is 1.16. The molecule has 4 rings (SSSR count). The van der Waals surface area contributed by atoms with Gasteiger partial charge in [0.2, 0.25) is 5.95 Å². The van der Waals surface area contributed by atoms with Crippen molar-refractivity contribution in [2.24, 2.45) is 7.05 Å². The number of amides is 1. The van der Waals surface area contributed by atoms with Crippen LogP contribution < -0.4 is 15.4 Å².